The van der Waals surface area contributed by atoms with Crippen molar-refractivity contribution in [1.29, 1.82) is 0 Å². The van der Waals surface area contributed by atoms with Gasteiger partial charge in [0.25, 0.3) is 5.56 Å². The van der Waals surface area contributed by atoms with Crippen LogP contribution in [0.2, 0.25) is 0 Å². The summed E-state index contributed by atoms with van der Waals surface area (Å²) in [7, 11) is 5.96. The summed E-state index contributed by atoms with van der Waals surface area (Å²) >= 11 is 6.02. The second-order valence-electron chi connectivity index (χ2n) is 16.1. The van der Waals surface area contributed by atoms with Crippen LogP contribution in [0.5, 0.6) is 11.5 Å². The van der Waals surface area contributed by atoms with E-state index < -0.39 is 78.1 Å². The maximum atomic E-state index is 13.3. The minimum absolute atomic E-state index is 0.0602. The predicted molar refractivity (Wildman–Crippen MR) is 248 cm³/mol. The molecule has 0 saturated carbocycles. The van der Waals surface area contributed by atoms with Gasteiger partial charge in [-0.3, -0.25) is 23.7 Å². The summed E-state index contributed by atoms with van der Waals surface area (Å²) in [5.74, 6) is 0.678. The number of anilines is 1. The van der Waals surface area contributed by atoms with Gasteiger partial charge in [-0.1, -0.05) is 68.4 Å². The van der Waals surface area contributed by atoms with Gasteiger partial charge in [-0.2, -0.15) is 4.98 Å². The molecule has 7 rings (SSSR count). The molecule has 21 heteroatoms. The SMILES string of the molecule is COc1ccc(C(OC[C@H]2O[C@@H](n3ccc(=O)[nH]c3=O)[C@H](OC)[C@@H]2OP(C)(=S)OC[C@H]2O[C@@H](n3ccc(NC(=O)C(C)C)nc3=O)[C@H](OC)[C@@H]2O)(c2ccccc2)c2ccc(OC)cc2)cc1. The Labute approximate surface area is 391 Å². The maximum absolute atomic E-state index is 13.3. The summed E-state index contributed by atoms with van der Waals surface area (Å²) in [6, 6.07) is 27.2. The van der Waals surface area contributed by atoms with E-state index >= 15 is 0 Å². The average molecular weight is 964 g/mol. The minimum atomic E-state index is -3.37. The number of carbonyl (C=O) groups excluding carboxylic acids is 1. The molecule has 1 amide bonds. The average Bonchev–Trinajstić information content (AvgIpc) is 3.83. The van der Waals surface area contributed by atoms with E-state index in [1.165, 1.54) is 43.3 Å². The fourth-order valence-corrected chi connectivity index (χ4v) is 9.75. The van der Waals surface area contributed by atoms with Crippen LogP contribution in [-0.2, 0) is 54.9 Å². The molecule has 2 fully saturated rings. The van der Waals surface area contributed by atoms with Gasteiger partial charge >= 0.3 is 11.4 Å². The van der Waals surface area contributed by atoms with E-state index in [-0.39, 0.29) is 30.9 Å². The standard InChI is InChI=1S/C46H54N5O14PS/c1-27(2)41(54)47-35-21-23-50(44(55)48-35)42-39(59-5)37(53)33(63-42)26-62-66(7,67)65-38-34(64-43(40(38)60-6)51-24-22-36(52)49-45(51)56)25-61-46(28-11-9-8-10-12-28,29-13-17-31(57-3)18-14-29)30-15-19-32(58-4)20-16-30/h8-24,27,33-34,37-40,42-43,53H,25-26H2,1-7H3,(H,49,52,56)(H,47,48,54,55)/t33-,34-,37-,38-,39-,40-,42-,43-,66?/m1/s1. The lowest BCUT2D eigenvalue weighted by atomic mass is 9.80. The highest BCUT2D eigenvalue weighted by Gasteiger charge is 2.51. The number of aliphatic hydroxyl groups excluding tert-OH is 1. The number of hydrogen-bond donors (Lipinski definition) is 3. The molecule has 0 bridgehead atoms. The molecule has 1 unspecified atom stereocenters. The van der Waals surface area contributed by atoms with Gasteiger partial charge in [0.05, 0.1) is 27.4 Å². The summed E-state index contributed by atoms with van der Waals surface area (Å²) in [6.07, 6.45) is -6.03. The topological polar surface area (TPSA) is 222 Å². The lowest BCUT2D eigenvalue weighted by Gasteiger charge is -2.37. The van der Waals surface area contributed by atoms with Crippen LogP contribution < -0.4 is 31.7 Å². The van der Waals surface area contributed by atoms with Gasteiger partial charge in [-0.25, -0.2) is 9.59 Å². The van der Waals surface area contributed by atoms with Gasteiger partial charge in [0.2, 0.25) is 5.91 Å². The van der Waals surface area contributed by atoms with Crippen LogP contribution in [-0.4, -0.2) is 115 Å². The maximum Gasteiger partial charge on any atom is 0.351 e. The third kappa shape index (κ3) is 10.7. The first-order valence-corrected chi connectivity index (χ1v) is 24.4. The lowest BCUT2D eigenvalue weighted by molar-refractivity contribution is -0.118. The van der Waals surface area contributed by atoms with Crippen molar-refractivity contribution in [3.8, 4) is 11.5 Å². The van der Waals surface area contributed by atoms with Crippen LogP contribution in [0, 0.1) is 5.92 Å². The molecule has 0 radical (unpaired) electrons. The number of hydrogen-bond acceptors (Lipinski definition) is 16. The second-order valence-corrected chi connectivity index (χ2v) is 20.1. The van der Waals surface area contributed by atoms with Crippen molar-refractivity contribution >= 4 is 30.0 Å². The summed E-state index contributed by atoms with van der Waals surface area (Å²) in [6.45, 7) is 1.16. The molecule has 19 nitrogen and oxygen atoms in total. The number of ether oxygens (including phenoxy) is 7. The molecule has 2 aromatic heterocycles. The Morgan fingerprint density at radius 2 is 1.36 bits per heavy atom. The van der Waals surface area contributed by atoms with E-state index in [0.717, 1.165) is 21.3 Å². The Bertz CT molecular complexity index is 2650. The van der Waals surface area contributed by atoms with Crippen molar-refractivity contribution in [2.75, 3.05) is 53.6 Å². The van der Waals surface area contributed by atoms with E-state index in [2.05, 4.69) is 15.3 Å². The van der Waals surface area contributed by atoms with E-state index in [4.69, 9.17) is 54.0 Å². The molecule has 3 N–H and O–H groups in total. The van der Waals surface area contributed by atoms with Gasteiger partial charge in [0, 0.05) is 45.3 Å². The smallest absolute Gasteiger partial charge is 0.351 e. The highest BCUT2D eigenvalue weighted by Crippen LogP contribution is 2.51. The Morgan fingerprint density at radius 1 is 0.791 bits per heavy atom. The summed E-state index contributed by atoms with van der Waals surface area (Å²) in [4.78, 5) is 57.1. The van der Waals surface area contributed by atoms with Gasteiger partial charge in [0.1, 0.15) is 59.5 Å². The molecule has 2 saturated heterocycles. The van der Waals surface area contributed by atoms with Gasteiger partial charge in [-0.15, -0.1) is 0 Å². The monoisotopic (exact) mass is 963 g/mol. The zero-order chi connectivity index (χ0) is 48.0. The van der Waals surface area contributed by atoms with Gasteiger partial charge < -0.3 is 52.6 Å². The fourth-order valence-electron chi connectivity index (χ4n) is 8.10. The van der Waals surface area contributed by atoms with Crippen LogP contribution in [0.3, 0.4) is 0 Å². The van der Waals surface area contributed by atoms with Crippen LogP contribution in [0.15, 0.2) is 118 Å². The number of nitrogens with zero attached hydrogens (tertiary/aromatic N) is 3. The summed E-state index contributed by atoms with van der Waals surface area (Å²) in [5.41, 5.74) is -1.12. The predicted octanol–water partition coefficient (Wildman–Crippen LogP) is 3.94. The minimum Gasteiger partial charge on any atom is -0.497 e. The van der Waals surface area contributed by atoms with Crippen LogP contribution in [0.1, 0.15) is 43.0 Å². The van der Waals surface area contributed by atoms with Crippen molar-refractivity contribution in [1.82, 2.24) is 19.1 Å². The number of amides is 1. The Balaban J connectivity index is 1.19. The van der Waals surface area contributed by atoms with Crippen molar-refractivity contribution in [3.63, 3.8) is 0 Å². The van der Waals surface area contributed by atoms with E-state index in [9.17, 15) is 24.3 Å². The summed E-state index contributed by atoms with van der Waals surface area (Å²) < 4.78 is 57.9. The fraction of sp³-hybridized carbons (Fsp3) is 0.413. The quantitative estimate of drug-likeness (QED) is 0.0788. The van der Waals surface area contributed by atoms with Crippen molar-refractivity contribution in [3.05, 3.63) is 151 Å². The number of methoxy groups -OCH3 is 4. The van der Waals surface area contributed by atoms with E-state index in [1.54, 1.807) is 34.7 Å². The number of aromatic nitrogens is 4. The highest BCUT2D eigenvalue weighted by molar-refractivity contribution is 8.09. The van der Waals surface area contributed by atoms with Crippen molar-refractivity contribution in [2.45, 2.75) is 68.5 Å². The van der Waals surface area contributed by atoms with Crippen LogP contribution in [0.4, 0.5) is 5.82 Å². The number of nitrogens with one attached hydrogen (secondary N) is 2. The molecule has 0 aliphatic carbocycles. The molecule has 67 heavy (non-hydrogen) atoms. The van der Waals surface area contributed by atoms with Crippen LogP contribution >= 0.6 is 6.49 Å². The number of H-pyrrole nitrogens is 1. The van der Waals surface area contributed by atoms with Gasteiger partial charge in [0.15, 0.2) is 18.9 Å². The molecule has 3 aromatic carbocycles. The van der Waals surface area contributed by atoms with E-state index in [0.29, 0.717) is 11.5 Å². The number of benzene rings is 3. The molecular formula is C46H54N5O14PS. The lowest BCUT2D eigenvalue weighted by Crippen LogP contribution is -2.42. The third-order valence-corrected chi connectivity index (χ3v) is 13.4. The second kappa shape index (κ2) is 21.3. The first-order chi connectivity index (χ1) is 32.1. The molecule has 9 atom stereocenters. The molecule has 2 aliphatic rings. The van der Waals surface area contributed by atoms with E-state index in [1.807, 2.05) is 78.9 Å². The molecule has 0 spiro atoms. The molecule has 2 aliphatic heterocycles. The highest BCUT2D eigenvalue weighted by atomic mass is 32.5. The Hall–Kier alpha value is -5.38. The number of aliphatic hydroxyl groups is 1. The molecule has 358 valence electrons. The number of rotatable bonds is 19. The number of carbonyl (C=O) groups is 1. The molecule has 5 aromatic rings. The van der Waals surface area contributed by atoms with Crippen LogP contribution in [0.25, 0.3) is 0 Å². The molecule has 4 heterocycles. The van der Waals surface area contributed by atoms with Crippen molar-refractivity contribution < 1.29 is 52.1 Å². The third-order valence-electron chi connectivity index (χ3n) is 11.6. The Kier molecular flexibility index (Phi) is 15.7. The zero-order valence-corrected chi connectivity index (χ0v) is 39.6. The normalized spacial score (nSPS) is 23.8. The summed E-state index contributed by atoms with van der Waals surface area (Å²) in [5, 5.41) is 14.0. The first-order valence-electron chi connectivity index (χ1n) is 21.3. The Morgan fingerprint density at radius 3 is 1.91 bits per heavy atom. The molecular weight excluding hydrogens is 910 g/mol. The largest absolute Gasteiger partial charge is 0.497 e. The van der Waals surface area contributed by atoms with Gasteiger partial charge in [-0.05, 0) is 58.8 Å². The number of aromatic amines is 1. The van der Waals surface area contributed by atoms with Crippen molar-refractivity contribution in [2.24, 2.45) is 5.92 Å². The first kappa shape index (κ1) is 49.5. The zero-order valence-electron chi connectivity index (χ0n) is 37.9.